The minimum atomic E-state index is -3.45. The number of nitrogens with one attached hydrogen (secondary N) is 2. The maximum atomic E-state index is 12.4. The summed E-state index contributed by atoms with van der Waals surface area (Å²) in [7, 11) is -3.45. The molecular formula is C15H26N2O2S. The molecule has 20 heavy (non-hydrogen) atoms. The lowest BCUT2D eigenvalue weighted by molar-refractivity contribution is 0.407. The maximum absolute atomic E-state index is 12.4. The van der Waals surface area contributed by atoms with Gasteiger partial charge in [-0.05, 0) is 30.0 Å². The molecule has 114 valence electrons. The van der Waals surface area contributed by atoms with Gasteiger partial charge in [0.2, 0.25) is 10.0 Å². The third-order valence-corrected chi connectivity index (χ3v) is 4.30. The molecule has 0 aliphatic carbocycles. The Morgan fingerprint density at radius 1 is 1.15 bits per heavy atom. The summed E-state index contributed by atoms with van der Waals surface area (Å²) in [5.41, 5.74) is 0.727. The van der Waals surface area contributed by atoms with Crippen molar-refractivity contribution in [3.05, 3.63) is 29.8 Å². The van der Waals surface area contributed by atoms with Crippen molar-refractivity contribution in [1.82, 2.24) is 10.0 Å². The minimum Gasteiger partial charge on any atom is -0.313 e. The SMILES string of the molecule is CCCNCc1ccccc1S(=O)(=O)NCC(C)(C)C. The van der Waals surface area contributed by atoms with E-state index in [1.165, 1.54) is 0 Å². The Balaban J connectivity index is 2.88. The molecule has 0 radical (unpaired) electrons. The van der Waals surface area contributed by atoms with Crippen molar-refractivity contribution in [2.75, 3.05) is 13.1 Å². The second-order valence-corrected chi connectivity index (χ2v) is 7.91. The summed E-state index contributed by atoms with van der Waals surface area (Å²) < 4.78 is 27.5. The van der Waals surface area contributed by atoms with Crippen LogP contribution < -0.4 is 10.0 Å². The first-order valence-corrected chi connectivity index (χ1v) is 8.53. The summed E-state index contributed by atoms with van der Waals surface area (Å²) in [6.07, 6.45) is 1.02. The second-order valence-electron chi connectivity index (χ2n) is 6.17. The summed E-state index contributed by atoms with van der Waals surface area (Å²) in [4.78, 5) is 0.368. The Bertz CT molecular complexity index is 519. The number of rotatable bonds is 7. The van der Waals surface area contributed by atoms with Crippen molar-refractivity contribution in [3.8, 4) is 0 Å². The first kappa shape index (κ1) is 17.1. The van der Waals surface area contributed by atoms with Gasteiger partial charge in [-0.2, -0.15) is 0 Å². The van der Waals surface area contributed by atoms with Crippen LogP contribution >= 0.6 is 0 Å². The fraction of sp³-hybridized carbons (Fsp3) is 0.600. The van der Waals surface area contributed by atoms with E-state index in [0.29, 0.717) is 18.0 Å². The molecule has 0 aromatic heterocycles. The zero-order chi connectivity index (χ0) is 15.2. The molecule has 0 atom stereocenters. The van der Waals surface area contributed by atoms with Gasteiger partial charge in [0.25, 0.3) is 0 Å². The van der Waals surface area contributed by atoms with E-state index >= 15 is 0 Å². The van der Waals surface area contributed by atoms with Gasteiger partial charge in [-0.25, -0.2) is 13.1 Å². The first-order valence-electron chi connectivity index (χ1n) is 7.04. The van der Waals surface area contributed by atoms with Crippen LogP contribution in [0, 0.1) is 5.41 Å². The minimum absolute atomic E-state index is 0.0809. The van der Waals surface area contributed by atoms with Gasteiger partial charge in [0.15, 0.2) is 0 Å². The number of benzene rings is 1. The molecule has 0 spiro atoms. The van der Waals surface area contributed by atoms with Gasteiger partial charge in [0.05, 0.1) is 4.90 Å². The standard InChI is InChI=1S/C15H26N2O2S/c1-5-10-16-11-13-8-6-7-9-14(13)20(18,19)17-12-15(2,3)4/h6-9,16-17H,5,10-12H2,1-4H3. The van der Waals surface area contributed by atoms with Crippen LogP contribution in [0.25, 0.3) is 0 Å². The summed E-state index contributed by atoms with van der Waals surface area (Å²) >= 11 is 0. The van der Waals surface area contributed by atoms with E-state index in [2.05, 4.69) is 17.0 Å². The van der Waals surface area contributed by atoms with E-state index in [1.807, 2.05) is 32.9 Å². The van der Waals surface area contributed by atoms with Crippen LogP contribution in [0.15, 0.2) is 29.2 Å². The van der Waals surface area contributed by atoms with Crippen LogP contribution in [-0.2, 0) is 16.6 Å². The van der Waals surface area contributed by atoms with Crippen LogP contribution in [0.5, 0.6) is 0 Å². The van der Waals surface area contributed by atoms with Gasteiger partial charge < -0.3 is 5.32 Å². The van der Waals surface area contributed by atoms with Crippen LogP contribution in [0.1, 0.15) is 39.7 Å². The van der Waals surface area contributed by atoms with E-state index in [4.69, 9.17) is 0 Å². The summed E-state index contributed by atoms with van der Waals surface area (Å²) in [5.74, 6) is 0. The quantitative estimate of drug-likeness (QED) is 0.761. The molecule has 2 N–H and O–H groups in total. The van der Waals surface area contributed by atoms with E-state index < -0.39 is 10.0 Å². The Kier molecular flexibility index (Phi) is 6.17. The second kappa shape index (κ2) is 7.20. The summed E-state index contributed by atoms with van der Waals surface area (Å²) in [6, 6.07) is 7.14. The molecule has 0 heterocycles. The van der Waals surface area contributed by atoms with Gasteiger partial charge in [-0.15, -0.1) is 0 Å². The molecule has 0 saturated heterocycles. The number of sulfonamides is 1. The van der Waals surface area contributed by atoms with Crippen molar-refractivity contribution >= 4 is 10.0 Å². The van der Waals surface area contributed by atoms with Crippen molar-refractivity contribution < 1.29 is 8.42 Å². The lowest BCUT2D eigenvalue weighted by atomic mass is 9.98. The highest BCUT2D eigenvalue weighted by Crippen LogP contribution is 2.17. The van der Waals surface area contributed by atoms with Crippen molar-refractivity contribution in [1.29, 1.82) is 0 Å². The van der Waals surface area contributed by atoms with E-state index in [-0.39, 0.29) is 5.41 Å². The zero-order valence-electron chi connectivity index (χ0n) is 12.9. The largest absolute Gasteiger partial charge is 0.313 e. The molecule has 1 aromatic rings. The Hall–Kier alpha value is -0.910. The third-order valence-electron chi connectivity index (χ3n) is 2.80. The Morgan fingerprint density at radius 3 is 2.40 bits per heavy atom. The highest BCUT2D eigenvalue weighted by molar-refractivity contribution is 7.89. The molecule has 4 nitrogen and oxygen atoms in total. The lowest BCUT2D eigenvalue weighted by Gasteiger charge is -2.19. The smallest absolute Gasteiger partial charge is 0.240 e. The Morgan fingerprint density at radius 2 is 1.80 bits per heavy atom. The molecule has 0 aliphatic rings. The molecule has 1 rings (SSSR count). The van der Waals surface area contributed by atoms with E-state index in [9.17, 15) is 8.42 Å². The summed E-state index contributed by atoms with van der Waals surface area (Å²) in [5, 5.41) is 3.24. The number of hydrogen-bond acceptors (Lipinski definition) is 3. The highest BCUT2D eigenvalue weighted by Gasteiger charge is 2.20. The van der Waals surface area contributed by atoms with Gasteiger partial charge >= 0.3 is 0 Å². The van der Waals surface area contributed by atoms with Gasteiger partial charge in [-0.1, -0.05) is 45.9 Å². The van der Waals surface area contributed by atoms with Crippen molar-refractivity contribution in [3.63, 3.8) is 0 Å². The summed E-state index contributed by atoms with van der Waals surface area (Å²) in [6.45, 7) is 9.97. The normalized spacial score (nSPS) is 12.6. The molecule has 5 heteroatoms. The molecular weight excluding hydrogens is 272 g/mol. The van der Waals surface area contributed by atoms with Gasteiger partial charge in [-0.3, -0.25) is 0 Å². The monoisotopic (exact) mass is 298 g/mol. The molecule has 0 aliphatic heterocycles. The van der Waals surface area contributed by atoms with Gasteiger partial charge in [0.1, 0.15) is 0 Å². The fourth-order valence-electron chi connectivity index (χ4n) is 1.70. The lowest BCUT2D eigenvalue weighted by Crippen LogP contribution is -2.33. The molecule has 0 saturated carbocycles. The topological polar surface area (TPSA) is 58.2 Å². The van der Waals surface area contributed by atoms with Crippen LogP contribution in [0.4, 0.5) is 0 Å². The van der Waals surface area contributed by atoms with Crippen molar-refractivity contribution in [2.45, 2.75) is 45.6 Å². The molecule has 0 unspecified atom stereocenters. The first-order chi connectivity index (χ1) is 9.26. The molecule has 0 fully saturated rings. The predicted octanol–water partition coefficient (Wildman–Crippen LogP) is 2.51. The van der Waals surface area contributed by atoms with Crippen molar-refractivity contribution in [2.24, 2.45) is 5.41 Å². The average Bonchev–Trinajstić information content (AvgIpc) is 2.37. The van der Waals surface area contributed by atoms with E-state index in [1.54, 1.807) is 12.1 Å². The molecule has 0 bridgehead atoms. The average molecular weight is 298 g/mol. The molecule has 1 aromatic carbocycles. The Labute approximate surface area is 123 Å². The highest BCUT2D eigenvalue weighted by atomic mass is 32.2. The van der Waals surface area contributed by atoms with Crippen LogP contribution in [0.3, 0.4) is 0 Å². The van der Waals surface area contributed by atoms with E-state index in [0.717, 1.165) is 18.5 Å². The number of hydrogen-bond donors (Lipinski definition) is 2. The zero-order valence-corrected chi connectivity index (χ0v) is 13.7. The third kappa shape index (κ3) is 5.61. The van der Waals surface area contributed by atoms with Crippen LogP contribution in [-0.4, -0.2) is 21.5 Å². The maximum Gasteiger partial charge on any atom is 0.240 e. The predicted molar refractivity (Wildman–Crippen MR) is 83.1 cm³/mol. The van der Waals surface area contributed by atoms with Crippen LogP contribution in [0.2, 0.25) is 0 Å². The fourth-order valence-corrected chi connectivity index (χ4v) is 3.22. The van der Waals surface area contributed by atoms with Gasteiger partial charge in [0, 0.05) is 13.1 Å². The molecule has 0 amide bonds.